The molecule has 0 saturated heterocycles. The Balaban J connectivity index is 2.16. The van der Waals surface area contributed by atoms with Crippen molar-refractivity contribution in [2.75, 3.05) is 6.61 Å². The van der Waals surface area contributed by atoms with Gasteiger partial charge in [0.2, 0.25) is 10.0 Å². The Morgan fingerprint density at radius 1 is 1.25 bits per heavy atom. The maximum Gasteiger partial charge on any atom is 0.326 e. The second kappa shape index (κ2) is 8.13. The molecule has 0 radical (unpaired) electrons. The highest BCUT2D eigenvalue weighted by Crippen LogP contribution is 2.23. The lowest BCUT2D eigenvalue weighted by Gasteiger charge is -2.05. The van der Waals surface area contributed by atoms with Gasteiger partial charge in [0, 0.05) is 0 Å². The average molecular weight is 460 g/mol. The van der Waals surface area contributed by atoms with Gasteiger partial charge in [-0.3, -0.25) is 9.59 Å². The second-order valence-electron chi connectivity index (χ2n) is 5.47. The number of rotatable bonds is 5. The fraction of sp³-hybridized carbons (Fsp3) is 0.188. The fourth-order valence-corrected chi connectivity index (χ4v) is 4.98. The molecule has 0 fully saturated rings. The molecule has 2 N–H and O–H groups in total. The molecule has 0 bridgehead atoms. The van der Waals surface area contributed by atoms with E-state index in [2.05, 4.69) is 4.99 Å². The first-order valence-electron chi connectivity index (χ1n) is 7.85. The molecule has 0 atom stereocenters. The molecule has 8 nitrogen and oxygen atoms in total. The number of ether oxygens (including phenoxy) is 1. The van der Waals surface area contributed by atoms with Crippen molar-refractivity contribution >= 4 is 66.4 Å². The van der Waals surface area contributed by atoms with Crippen molar-refractivity contribution < 1.29 is 22.7 Å². The summed E-state index contributed by atoms with van der Waals surface area (Å²) in [4.78, 5) is 29.0. The normalized spacial score (nSPS) is 12.5. The van der Waals surface area contributed by atoms with Crippen LogP contribution in [0.5, 0.6) is 0 Å². The Morgan fingerprint density at radius 3 is 2.61 bits per heavy atom. The van der Waals surface area contributed by atoms with Crippen LogP contribution in [0.2, 0.25) is 4.34 Å². The van der Waals surface area contributed by atoms with E-state index in [-0.39, 0.29) is 22.8 Å². The van der Waals surface area contributed by atoms with Gasteiger partial charge in [-0.15, -0.1) is 11.3 Å². The molecule has 0 spiro atoms. The van der Waals surface area contributed by atoms with Gasteiger partial charge in [0.15, 0.2) is 4.80 Å². The molecule has 2 aromatic heterocycles. The van der Waals surface area contributed by atoms with Crippen molar-refractivity contribution in [2.45, 2.75) is 18.4 Å². The first kappa shape index (κ1) is 20.7. The number of nitrogens with zero attached hydrogens (tertiary/aromatic N) is 2. The van der Waals surface area contributed by atoms with E-state index in [9.17, 15) is 18.0 Å². The van der Waals surface area contributed by atoms with Gasteiger partial charge in [0.1, 0.15) is 6.54 Å². The number of amides is 1. The van der Waals surface area contributed by atoms with E-state index < -0.39 is 21.9 Å². The molecule has 0 aliphatic heterocycles. The highest BCUT2D eigenvalue weighted by atomic mass is 35.5. The third-order valence-corrected chi connectivity index (χ3v) is 6.73. The van der Waals surface area contributed by atoms with Gasteiger partial charge in [-0.25, -0.2) is 13.6 Å². The Bertz CT molecular complexity index is 1240. The van der Waals surface area contributed by atoms with Crippen molar-refractivity contribution in [2.24, 2.45) is 10.1 Å². The van der Waals surface area contributed by atoms with E-state index in [0.29, 0.717) is 19.4 Å². The number of thiophene rings is 1. The summed E-state index contributed by atoms with van der Waals surface area (Å²) < 4.78 is 30.7. The van der Waals surface area contributed by atoms with E-state index in [4.69, 9.17) is 21.5 Å². The summed E-state index contributed by atoms with van der Waals surface area (Å²) in [5.74, 6) is -1.03. The molecule has 0 unspecified atom stereocenters. The molecular weight excluding hydrogens is 446 g/mol. The SMILES string of the molecule is CCOC(=O)Cn1c(=NC(=O)c2ccc(Cl)s2)sc2cc(S(N)(=O)=O)ccc21. The highest BCUT2D eigenvalue weighted by Gasteiger charge is 2.16. The molecule has 3 aromatic rings. The molecule has 12 heteroatoms. The predicted octanol–water partition coefficient (Wildman–Crippen LogP) is 2.37. The lowest BCUT2D eigenvalue weighted by Crippen LogP contribution is -2.23. The van der Waals surface area contributed by atoms with Crippen LogP contribution < -0.4 is 9.94 Å². The van der Waals surface area contributed by atoms with Crippen molar-refractivity contribution in [3.63, 3.8) is 0 Å². The van der Waals surface area contributed by atoms with Crippen molar-refractivity contribution in [1.82, 2.24) is 4.57 Å². The molecule has 1 aromatic carbocycles. The summed E-state index contributed by atoms with van der Waals surface area (Å²) in [5, 5.41) is 5.18. The molecule has 3 rings (SSSR count). The van der Waals surface area contributed by atoms with Gasteiger partial charge in [-0.05, 0) is 37.3 Å². The van der Waals surface area contributed by atoms with Crippen LogP contribution in [0.25, 0.3) is 10.2 Å². The van der Waals surface area contributed by atoms with Gasteiger partial charge < -0.3 is 9.30 Å². The minimum atomic E-state index is -3.90. The van der Waals surface area contributed by atoms with Crippen molar-refractivity contribution in [1.29, 1.82) is 0 Å². The first-order chi connectivity index (χ1) is 13.2. The Kier molecular flexibility index (Phi) is 6.01. The summed E-state index contributed by atoms with van der Waals surface area (Å²) in [6.07, 6.45) is 0. The van der Waals surface area contributed by atoms with Crippen LogP contribution in [-0.4, -0.2) is 31.5 Å². The van der Waals surface area contributed by atoms with Gasteiger partial charge in [-0.1, -0.05) is 22.9 Å². The number of hydrogen-bond acceptors (Lipinski definition) is 7. The van der Waals surface area contributed by atoms with E-state index in [1.807, 2.05) is 0 Å². The predicted molar refractivity (Wildman–Crippen MR) is 107 cm³/mol. The quantitative estimate of drug-likeness (QED) is 0.587. The zero-order chi connectivity index (χ0) is 20.5. The summed E-state index contributed by atoms with van der Waals surface area (Å²) in [5.41, 5.74) is 0.529. The van der Waals surface area contributed by atoms with Gasteiger partial charge in [0.05, 0.1) is 30.9 Å². The van der Waals surface area contributed by atoms with E-state index in [1.54, 1.807) is 19.1 Å². The standard InChI is InChI=1S/C16H14ClN3O5S3/c1-2-25-14(21)8-20-10-4-3-9(28(18,23)24)7-12(10)27-16(20)19-15(22)11-5-6-13(17)26-11/h3-7H,2,8H2,1H3,(H2,18,23,24). The summed E-state index contributed by atoms with van der Waals surface area (Å²) in [7, 11) is -3.90. The first-order valence-corrected chi connectivity index (χ1v) is 11.4. The van der Waals surface area contributed by atoms with Gasteiger partial charge >= 0.3 is 5.97 Å². The molecule has 28 heavy (non-hydrogen) atoms. The maximum atomic E-state index is 12.4. The van der Waals surface area contributed by atoms with Gasteiger partial charge in [0.25, 0.3) is 5.91 Å². The Hall–Kier alpha value is -2.05. The number of benzene rings is 1. The lowest BCUT2D eigenvalue weighted by atomic mass is 10.3. The fourth-order valence-electron chi connectivity index (χ4n) is 2.38. The number of thiazole rings is 1. The van der Waals surface area contributed by atoms with E-state index in [1.165, 1.54) is 22.8 Å². The second-order valence-corrected chi connectivity index (χ2v) is 9.76. The molecule has 1 amide bonds. The van der Waals surface area contributed by atoms with Crippen molar-refractivity contribution in [3.8, 4) is 0 Å². The number of carbonyl (C=O) groups excluding carboxylic acids is 2. The third kappa shape index (κ3) is 4.50. The van der Waals surface area contributed by atoms with Crippen LogP contribution in [0.4, 0.5) is 0 Å². The van der Waals surface area contributed by atoms with E-state index in [0.717, 1.165) is 22.7 Å². The number of carbonyl (C=O) groups is 2. The van der Waals surface area contributed by atoms with Crippen LogP contribution in [-0.2, 0) is 26.1 Å². The minimum absolute atomic E-state index is 0.0764. The largest absolute Gasteiger partial charge is 0.465 e. The van der Waals surface area contributed by atoms with Crippen molar-refractivity contribution in [3.05, 3.63) is 44.3 Å². The number of hydrogen-bond donors (Lipinski definition) is 1. The lowest BCUT2D eigenvalue weighted by molar-refractivity contribution is -0.143. The zero-order valence-electron chi connectivity index (χ0n) is 14.4. The van der Waals surface area contributed by atoms with Crippen LogP contribution in [0.15, 0.2) is 40.2 Å². The third-order valence-electron chi connectivity index (χ3n) is 3.56. The number of halogens is 1. The van der Waals surface area contributed by atoms with Gasteiger partial charge in [-0.2, -0.15) is 4.99 Å². The smallest absolute Gasteiger partial charge is 0.326 e. The number of fused-ring (bicyclic) bond motifs is 1. The summed E-state index contributed by atoms with van der Waals surface area (Å²) in [6, 6.07) is 7.36. The Labute approximate surface area is 172 Å². The number of nitrogens with two attached hydrogens (primary N) is 1. The minimum Gasteiger partial charge on any atom is -0.465 e. The van der Waals surface area contributed by atoms with E-state index >= 15 is 0 Å². The molecule has 0 saturated carbocycles. The molecule has 2 heterocycles. The number of esters is 1. The van der Waals surface area contributed by atoms with Crippen LogP contribution in [0.1, 0.15) is 16.6 Å². The number of aromatic nitrogens is 1. The number of primary sulfonamides is 1. The number of sulfonamides is 1. The summed E-state index contributed by atoms with van der Waals surface area (Å²) in [6.45, 7) is 1.71. The monoisotopic (exact) mass is 459 g/mol. The Morgan fingerprint density at radius 2 is 2.00 bits per heavy atom. The van der Waals surface area contributed by atoms with Crippen LogP contribution >= 0.6 is 34.3 Å². The highest BCUT2D eigenvalue weighted by molar-refractivity contribution is 7.89. The molecule has 0 aliphatic carbocycles. The molecule has 0 aliphatic rings. The zero-order valence-corrected chi connectivity index (χ0v) is 17.6. The van der Waals surface area contributed by atoms with Crippen LogP contribution in [0, 0.1) is 0 Å². The summed E-state index contributed by atoms with van der Waals surface area (Å²) >= 11 is 8.01. The van der Waals surface area contributed by atoms with Crippen LogP contribution in [0.3, 0.4) is 0 Å². The maximum absolute atomic E-state index is 12.4. The average Bonchev–Trinajstić information content (AvgIpc) is 3.18. The topological polar surface area (TPSA) is 121 Å². The molecule has 148 valence electrons. The molecular formula is C16H14ClN3O5S3.